The van der Waals surface area contributed by atoms with Gasteiger partial charge in [-0.2, -0.15) is 0 Å². The minimum absolute atomic E-state index is 0.0433. The maximum Gasteiger partial charge on any atom is 0.353 e. The zero-order chi connectivity index (χ0) is 23.3. The molecule has 1 aromatic carbocycles. The van der Waals surface area contributed by atoms with Gasteiger partial charge in [-0.15, -0.1) is 0 Å². The van der Waals surface area contributed by atoms with Gasteiger partial charge in [-0.3, -0.25) is 10.1 Å². The number of nitro groups is 1. The summed E-state index contributed by atoms with van der Waals surface area (Å²) in [6.07, 6.45) is 5.02. The Morgan fingerprint density at radius 3 is 2.38 bits per heavy atom. The average Bonchev–Trinajstić information content (AvgIpc) is 2.82. The van der Waals surface area contributed by atoms with Crippen molar-refractivity contribution in [2.75, 3.05) is 31.0 Å². The number of ether oxygens (including phenoxy) is 2. The van der Waals surface area contributed by atoms with E-state index in [9.17, 15) is 19.7 Å². The third kappa shape index (κ3) is 4.76. The van der Waals surface area contributed by atoms with Crippen LogP contribution >= 0.6 is 0 Å². The van der Waals surface area contributed by atoms with E-state index >= 15 is 0 Å². The van der Waals surface area contributed by atoms with E-state index in [4.69, 9.17) is 9.47 Å². The largest absolute Gasteiger partial charge is 0.465 e. The molecule has 1 unspecified atom stereocenters. The van der Waals surface area contributed by atoms with Crippen molar-refractivity contribution in [2.24, 2.45) is 0 Å². The molecule has 1 N–H and O–H groups in total. The minimum atomic E-state index is -0.671. The Kier molecular flexibility index (Phi) is 7.18. The molecule has 11 heteroatoms. The summed E-state index contributed by atoms with van der Waals surface area (Å²) in [4.78, 5) is 45.8. The number of carbonyl (C=O) groups is 2. The van der Waals surface area contributed by atoms with Gasteiger partial charge in [-0.25, -0.2) is 19.6 Å². The Labute approximate surface area is 184 Å². The lowest BCUT2D eigenvalue weighted by Gasteiger charge is -2.35. The molecule has 11 nitrogen and oxygen atoms in total. The van der Waals surface area contributed by atoms with Crippen LogP contribution in [-0.2, 0) is 9.47 Å². The molecule has 0 bridgehead atoms. The van der Waals surface area contributed by atoms with E-state index in [0.717, 1.165) is 25.7 Å². The molecule has 1 atom stereocenters. The summed E-state index contributed by atoms with van der Waals surface area (Å²) in [6, 6.07) is 4.31. The smallest absolute Gasteiger partial charge is 0.353 e. The molecule has 3 rings (SSSR count). The van der Waals surface area contributed by atoms with Crippen LogP contribution in [-0.4, -0.2) is 53.6 Å². The Morgan fingerprint density at radius 1 is 1.16 bits per heavy atom. The maximum absolute atomic E-state index is 12.0. The van der Waals surface area contributed by atoms with Crippen molar-refractivity contribution in [3.63, 3.8) is 0 Å². The molecule has 1 fully saturated rings. The summed E-state index contributed by atoms with van der Waals surface area (Å²) in [6.45, 7) is 2.71. The van der Waals surface area contributed by atoms with Crippen LogP contribution in [0, 0.1) is 10.1 Å². The standard InChI is InChI=1S/C21H25N5O6/c1-4-16-7-5-6-8-25(16)19-17(26(29)30)18(22-12-23-19)24-15-10-13(20(27)31-2)9-14(11-15)21(28)32-3/h9-12,16H,4-8H2,1-3H3,(H,22,23,24). The van der Waals surface area contributed by atoms with E-state index in [-0.39, 0.29) is 40.2 Å². The van der Waals surface area contributed by atoms with E-state index in [1.807, 2.05) is 11.8 Å². The third-order valence-corrected chi connectivity index (χ3v) is 5.39. The summed E-state index contributed by atoms with van der Waals surface area (Å²) >= 11 is 0. The van der Waals surface area contributed by atoms with Gasteiger partial charge in [0.25, 0.3) is 0 Å². The summed E-state index contributed by atoms with van der Waals surface area (Å²) in [5, 5.41) is 14.9. The monoisotopic (exact) mass is 443 g/mol. The van der Waals surface area contributed by atoms with Crippen LogP contribution in [0.25, 0.3) is 0 Å². The number of methoxy groups -OCH3 is 2. The molecular formula is C21H25N5O6. The second kappa shape index (κ2) is 10.0. The number of benzene rings is 1. The second-order valence-corrected chi connectivity index (χ2v) is 7.31. The minimum Gasteiger partial charge on any atom is -0.465 e. The SMILES string of the molecule is CCC1CCCCN1c1ncnc(Nc2cc(C(=O)OC)cc(C(=O)OC)c2)c1[N+](=O)[O-]. The number of hydrogen-bond donors (Lipinski definition) is 1. The summed E-state index contributed by atoms with van der Waals surface area (Å²) in [5.74, 6) is -1.14. The number of anilines is 3. The molecule has 0 spiro atoms. The zero-order valence-corrected chi connectivity index (χ0v) is 18.2. The second-order valence-electron chi connectivity index (χ2n) is 7.31. The number of esters is 2. The number of aromatic nitrogens is 2. The fourth-order valence-corrected chi connectivity index (χ4v) is 3.85. The molecular weight excluding hydrogens is 418 g/mol. The lowest BCUT2D eigenvalue weighted by Crippen LogP contribution is -2.40. The van der Waals surface area contributed by atoms with E-state index in [2.05, 4.69) is 15.3 Å². The normalized spacial score (nSPS) is 15.7. The van der Waals surface area contributed by atoms with Gasteiger partial charge in [0.05, 0.1) is 30.3 Å². The molecule has 2 heterocycles. The molecule has 32 heavy (non-hydrogen) atoms. The van der Waals surface area contributed by atoms with Crippen LogP contribution in [0.5, 0.6) is 0 Å². The fraction of sp³-hybridized carbons (Fsp3) is 0.429. The van der Waals surface area contributed by atoms with Gasteiger partial charge in [0.2, 0.25) is 11.6 Å². The number of rotatable bonds is 7. The lowest BCUT2D eigenvalue weighted by atomic mass is 10.00. The molecule has 1 aliphatic rings. The Hall–Kier alpha value is -3.76. The van der Waals surface area contributed by atoms with Crippen molar-refractivity contribution in [3.05, 3.63) is 45.8 Å². The first-order valence-corrected chi connectivity index (χ1v) is 10.2. The molecule has 1 aliphatic heterocycles. The quantitative estimate of drug-likeness (QED) is 0.385. The topological polar surface area (TPSA) is 137 Å². The highest BCUT2D eigenvalue weighted by atomic mass is 16.6. The maximum atomic E-state index is 12.0. The van der Waals surface area contributed by atoms with Crippen LogP contribution in [0.2, 0.25) is 0 Å². The van der Waals surface area contributed by atoms with Gasteiger partial charge in [-0.05, 0) is 43.9 Å². The van der Waals surface area contributed by atoms with Gasteiger partial charge in [0, 0.05) is 18.3 Å². The molecule has 2 aromatic rings. The fourth-order valence-electron chi connectivity index (χ4n) is 3.85. The summed E-state index contributed by atoms with van der Waals surface area (Å²) in [7, 11) is 2.43. The predicted molar refractivity (Wildman–Crippen MR) is 116 cm³/mol. The van der Waals surface area contributed by atoms with Crippen LogP contribution in [0.4, 0.5) is 23.0 Å². The Bertz CT molecular complexity index is 993. The van der Waals surface area contributed by atoms with E-state index < -0.39 is 16.9 Å². The summed E-state index contributed by atoms with van der Waals surface area (Å²) in [5.41, 5.74) is 0.136. The van der Waals surface area contributed by atoms with Crippen molar-refractivity contribution in [1.82, 2.24) is 9.97 Å². The van der Waals surface area contributed by atoms with Crippen LogP contribution < -0.4 is 10.2 Å². The highest BCUT2D eigenvalue weighted by Gasteiger charge is 2.32. The van der Waals surface area contributed by atoms with Crippen LogP contribution in [0.3, 0.4) is 0 Å². The average molecular weight is 443 g/mol. The molecule has 0 aliphatic carbocycles. The van der Waals surface area contributed by atoms with Crippen molar-refractivity contribution >= 4 is 34.9 Å². The van der Waals surface area contributed by atoms with E-state index in [1.165, 1.54) is 38.7 Å². The number of hydrogen-bond acceptors (Lipinski definition) is 10. The molecule has 170 valence electrons. The van der Waals surface area contributed by atoms with Crippen LogP contribution in [0.15, 0.2) is 24.5 Å². The van der Waals surface area contributed by atoms with Crippen molar-refractivity contribution in [1.29, 1.82) is 0 Å². The molecule has 1 saturated heterocycles. The van der Waals surface area contributed by atoms with Gasteiger partial charge in [-0.1, -0.05) is 6.92 Å². The van der Waals surface area contributed by atoms with E-state index in [1.54, 1.807) is 0 Å². The van der Waals surface area contributed by atoms with Crippen molar-refractivity contribution < 1.29 is 24.0 Å². The van der Waals surface area contributed by atoms with Gasteiger partial charge in [0.1, 0.15) is 6.33 Å². The van der Waals surface area contributed by atoms with Crippen molar-refractivity contribution in [2.45, 2.75) is 38.6 Å². The number of nitrogens with one attached hydrogen (secondary N) is 1. The zero-order valence-electron chi connectivity index (χ0n) is 18.2. The molecule has 1 aromatic heterocycles. The Balaban J connectivity index is 2.06. The van der Waals surface area contributed by atoms with Crippen molar-refractivity contribution in [3.8, 4) is 0 Å². The molecule has 0 amide bonds. The molecule has 0 saturated carbocycles. The first-order valence-electron chi connectivity index (χ1n) is 10.2. The predicted octanol–water partition coefficient (Wildman–Crippen LogP) is 3.47. The van der Waals surface area contributed by atoms with Gasteiger partial charge >= 0.3 is 17.6 Å². The van der Waals surface area contributed by atoms with Gasteiger partial charge < -0.3 is 19.7 Å². The lowest BCUT2D eigenvalue weighted by molar-refractivity contribution is -0.383. The molecule has 0 radical (unpaired) electrons. The van der Waals surface area contributed by atoms with Crippen LogP contribution in [0.1, 0.15) is 53.3 Å². The third-order valence-electron chi connectivity index (χ3n) is 5.39. The first kappa shape index (κ1) is 22.9. The van der Waals surface area contributed by atoms with E-state index in [0.29, 0.717) is 6.54 Å². The summed E-state index contributed by atoms with van der Waals surface area (Å²) < 4.78 is 9.47. The highest BCUT2D eigenvalue weighted by molar-refractivity contribution is 5.97. The number of carbonyl (C=O) groups excluding carboxylic acids is 2. The number of nitrogens with zero attached hydrogens (tertiary/aromatic N) is 4. The Morgan fingerprint density at radius 2 is 1.81 bits per heavy atom. The number of piperidine rings is 1. The van der Waals surface area contributed by atoms with Gasteiger partial charge in [0.15, 0.2) is 0 Å². The highest BCUT2D eigenvalue weighted by Crippen LogP contribution is 2.37. The first-order chi connectivity index (χ1) is 15.4.